The lowest BCUT2D eigenvalue weighted by molar-refractivity contribution is 0.388. The number of hydrogen-bond donors (Lipinski definition) is 1. The molecule has 0 saturated carbocycles. The van der Waals surface area contributed by atoms with Gasteiger partial charge in [-0.1, -0.05) is 36.4 Å². The lowest BCUT2D eigenvalue weighted by Gasteiger charge is -2.26. The molecule has 1 unspecified atom stereocenters. The second kappa shape index (κ2) is 8.13. The Morgan fingerprint density at radius 3 is 2.68 bits per heavy atom. The molecule has 152 valence electrons. The summed E-state index contributed by atoms with van der Waals surface area (Å²) < 4.78 is 11.2. The average molecular weight is 410 g/mol. The minimum atomic E-state index is -0.698. The number of benzene rings is 2. The van der Waals surface area contributed by atoms with E-state index in [1.165, 1.54) is 6.34 Å². The van der Waals surface area contributed by atoms with Crippen LogP contribution in [0.1, 0.15) is 29.5 Å². The lowest BCUT2D eigenvalue weighted by atomic mass is 9.83. The minimum Gasteiger partial charge on any atom is -0.439 e. The molecule has 7 heteroatoms. The minimum absolute atomic E-state index is 0.0258. The summed E-state index contributed by atoms with van der Waals surface area (Å²) in [6.45, 7) is 5.26. The van der Waals surface area contributed by atoms with Gasteiger partial charge in [0.25, 0.3) is 0 Å². The van der Waals surface area contributed by atoms with Crippen molar-refractivity contribution in [3.63, 3.8) is 0 Å². The number of allylic oxidation sites excluding steroid dienone is 2. The standard InChI is InChI=1S/C24H18N4O3/c1-14(12-28-13-27-2)15-7-9-16(10-8-15)20-18(11-25)23(26)31-22-17-5-3-4-6-19(17)30-24(29)21(20)22/h3-10,12-13,20H,2,26H2,1H3/b14-12+,28-13-. The Kier molecular flexibility index (Phi) is 5.21. The second-order valence-corrected chi connectivity index (χ2v) is 6.93. The Bertz CT molecular complexity index is 1370. The number of nitriles is 1. The number of aliphatic imine (C=N–C) groups is 2. The maximum atomic E-state index is 12.9. The topological polar surface area (TPSA) is 114 Å². The SMILES string of the molecule is C=N/C=N\C=C(/C)c1ccc(C2C(C#N)=C(N)Oc3c2c(=O)oc2ccccc32)cc1. The largest absolute Gasteiger partial charge is 0.439 e. The zero-order valence-electron chi connectivity index (χ0n) is 16.7. The van der Waals surface area contributed by atoms with Gasteiger partial charge in [-0.2, -0.15) is 5.26 Å². The van der Waals surface area contributed by atoms with Gasteiger partial charge in [-0.05, 0) is 42.5 Å². The van der Waals surface area contributed by atoms with Crippen LogP contribution in [0.2, 0.25) is 0 Å². The molecule has 31 heavy (non-hydrogen) atoms. The molecule has 0 aliphatic carbocycles. The van der Waals surface area contributed by atoms with E-state index in [9.17, 15) is 10.1 Å². The molecular formula is C24H18N4O3. The van der Waals surface area contributed by atoms with Gasteiger partial charge in [0.15, 0.2) is 5.75 Å². The smallest absolute Gasteiger partial charge is 0.344 e. The summed E-state index contributed by atoms with van der Waals surface area (Å²) in [4.78, 5) is 20.5. The first kappa shape index (κ1) is 19.9. The third kappa shape index (κ3) is 3.51. The van der Waals surface area contributed by atoms with Gasteiger partial charge in [0.1, 0.15) is 23.6 Å². The third-order valence-corrected chi connectivity index (χ3v) is 5.09. The molecule has 0 spiro atoms. The normalized spacial score (nSPS) is 16.1. The summed E-state index contributed by atoms with van der Waals surface area (Å²) in [5.41, 5.74) is 8.90. The van der Waals surface area contributed by atoms with E-state index in [1.54, 1.807) is 24.4 Å². The highest BCUT2D eigenvalue weighted by Crippen LogP contribution is 2.43. The van der Waals surface area contributed by atoms with E-state index in [4.69, 9.17) is 14.9 Å². The molecule has 0 saturated heterocycles. The van der Waals surface area contributed by atoms with Crippen LogP contribution in [-0.4, -0.2) is 13.1 Å². The van der Waals surface area contributed by atoms with Crippen LogP contribution in [0.5, 0.6) is 5.75 Å². The first-order valence-electron chi connectivity index (χ1n) is 9.43. The summed E-state index contributed by atoms with van der Waals surface area (Å²) in [7, 11) is 0. The highest BCUT2D eigenvalue weighted by Gasteiger charge is 2.35. The van der Waals surface area contributed by atoms with Crippen molar-refractivity contribution in [2.45, 2.75) is 12.8 Å². The molecule has 4 rings (SSSR count). The highest BCUT2D eigenvalue weighted by atomic mass is 16.5. The molecule has 1 aliphatic rings. The van der Waals surface area contributed by atoms with Gasteiger partial charge in [-0.3, -0.25) is 4.99 Å². The monoisotopic (exact) mass is 410 g/mol. The molecule has 1 aliphatic heterocycles. The van der Waals surface area contributed by atoms with Crippen molar-refractivity contribution >= 4 is 29.6 Å². The Morgan fingerprint density at radius 1 is 1.23 bits per heavy atom. The van der Waals surface area contributed by atoms with Crippen LogP contribution in [0.3, 0.4) is 0 Å². The van der Waals surface area contributed by atoms with E-state index in [0.717, 1.165) is 16.7 Å². The van der Waals surface area contributed by atoms with Crippen LogP contribution in [0.25, 0.3) is 16.5 Å². The van der Waals surface area contributed by atoms with Gasteiger partial charge >= 0.3 is 5.63 Å². The van der Waals surface area contributed by atoms with Crippen LogP contribution < -0.4 is 16.1 Å². The van der Waals surface area contributed by atoms with Gasteiger partial charge in [-0.25, -0.2) is 9.79 Å². The first-order valence-corrected chi connectivity index (χ1v) is 9.43. The average Bonchev–Trinajstić information content (AvgIpc) is 2.78. The number of para-hydroxylation sites is 1. The molecule has 0 amide bonds. The second-order valence-electron chi connectivity index (χ2n) is 6.93. The predicted octanol–water partition coefficient (Wildman–Crippen LogP) is 4.10. The number of nitrogens with two attached hydrogens (primary N) is 1. The Hall–Kier alpha value is -4.44. The maximum Gasteiger partial charge on any atom is 0.344 e. The molecule has 1 aromatic heterocycles. The van der Waals surface area contributed by atoms with Crippen LogP contribution in [0.15, 0.2) is 85.4 Å². The third-order valence-electron chi connectivity index (χ3n) is 5.09. The molecule has 1 atom stereocenters. The summed E-state index contributed by atoms with van der Waals surface area (Å²) in [6.07, 6.45) is 3.03. The number of nitrogens with zero attached hydrogens (tertiary/aromatic N) is 3. The van der Waals surface area contributed by atoms with E-state index in [1.807, 2.05) is 37.3 Å². The van der Waals surface area contributed by atoms with Gasteiger partial charge in [0.05, 0.1) is 16.9 Å². The Labute approximate surface area is 178 Å². The van der Waals surface area contributed by atoms with E-state index in [0.29, 0.717) is 16.7 Å². The van der Waals surface area contributed by atoms with E-state index in [2.05, 4.69) is 22.8 Å². The van der Waals surface area contributed by atoms with Crippen molar-refractivity contribution in [3.8, 4) is 11.8 Å². The molecule has 0 fully saturated rings. The van der Waals surface area contributed by atoms with Crippen molar-refractivity contribution < 1.29 is 9.15 Å². The fourth-order valence-corrected chi connectivity index (χ4v) is 3.60. The van der Waals surface area contributed by atoms with Crippen molar-refractivity contribution in [3.05, 3.63) is 93.3 Å². The summed E-state index contributed by atoms with van der Waals surface area (Å²) in [6, 6.07) is 16.6. The maximum absolute atomic E-state index is 12.9. The lowest BCUT2D eigenvalue weighted by Crippen LogP contribution is -2.26. The number of rotatable bonds is 4. The number of fused-ring (bicyclic) bond motifs is 3. The molecule has 7 nitrogen and oxygen atoms in total. The van der Waals surface area contributed by atoms with Crippen LogP contribution in [0, 0.1) is 11.3 Å². The van der Waals surface area contributed by atoms with Gasteiger partial charge in [0.2, 0.25) is 5.88 Å². The van der Waals surface area contributed by atoms with Crippen LogP contribution in [-0.2, 0) is 0 Å². The quantitative estimate of drug-likeness (QED) is 0.395. The molecule has 0 bridgehead atoms. The van der Waals surface area contributed by atoms with Crippen molar-refractivity contribution in [1.82, 2.24) is 0 Å². The molecule has 0 radical (unpaired) electrons. The predicted molar refractivity (Wildman–Crippen MR) is 120 cm³/mol. The van der Waals surface area contributed by atoms with Crippen LogP contribution in [0.4, 0.5) is 0 Å². The van der Waals surface area contributed by atoms with Gasteiger partial charge in [0, 0.05) is 6.20 Å². The Balaban J connectivity index is 1.87. The van der Waals surface area contributed by atoms with Gasteiger partial charge < -0.3 is 14.9 Å². The van der Waals surface area contributed by atoms with Crippen molar-refractivity contribution in [2.24, 2.45) is 15.7 Å². The van der Waals surface area contributed by atoms with Gasteiger partial charge in [-0.15, -0.1) is 0 Å². The van der Waals surface area contributed by atoms with E-state index < -0.39 is 11.5 Å². The zero-order chi connectivity index (χ0) is 22.0. The molecule has 2 heterocycles. The molecule has 2 N–H and O–H groups in total. The Morgan fingerprint density at radius 2 is 1.97 bits per heavy atom. The zero-order valence-corrected chi connectivity index (χ0v) is 16.7. The highest BCUT2D eigenvalue weighted by molar-refractivity contribution is 5.86. The fraction of sp³-hybridized carbons (Fsp3) is 0.0833. The summed E-state index contributed by atoms with van der Waals surface area (Å²) >= 11 is 0. The van der Waals surface area contributed by atoms with Crippen molar-refractivity contribution in [1.29, 1.82) is 5.26 Å². The van der Waals surface area contributed by atoms with Crippen molar-refractivity contribution in [2.75, 3.05) is 0 Å². The van der Waals surface area contributed by atoms with Crippen LogP contribution >= 0.6 is 0 Å². The fourth-order valence-electron chi connectivity index (χ4n) is 3.60. The number of hydrogen-bond acceptors (Lipinski definition) is 6. The van der Waals surface area contributed by atoms with E-state index in [-0.39, 0.29) is 17.0 Å². The molecular weight excluding hydrogens is 392 g/mol. The molecule has 2 aromatic carbocycles. The summed E-state index contributed by atoms with van der Waals surface area (Å²) in [5, 5.41) is 10.4. The number of ether oxygens (including phenoxy) is 1. The first-order chi connectivity index (χ1) is 15.0. The van der Waals surface area contributed by atoms with E-state index >= 15 is 0 Å². The summed E-state index contributed by atoms with van der Waals surface area (Å²) in [5.74, 6) is -0.405. The molecule has 3 aromatic rings.